The summed E-state index contributed by atoms with van der Waals surface area (Å²) in [5.41, 5.74) is -2.18. The van der Waals surface area contributed by atoms with Gasteiger partial charge in [0.1, 0.15) is 0 Å². The SMILES string of the molecule is Cc1c(C(C)(C)O)ccc2c(C)c(C(C)(O)C(F)(F)F)ccc12. The number of benzene rings is 2. The molecule has 5 heteroatoms. The Bertz CT molecular complexity index is 753. The fourth-order valence-corrected chi connectivity index (χ4v) is 3.05. The molecule has 0 aromatic heterocycles. The second-order valence-corrected chi connectivity index (χ2v) is 6.70. The van der Waals surface area contributed by atoms with Gasteiger partial charge in [-0.1, -0.05) is 24.3 Å². The third-order valence-corrected chi connectivity index (χ3v) is 4.48. The van der Waals surface area contributed by atoms with Crippen molar-refractivity contribution in [2.24, 2.45) is 0 Å². The van der Waals surface area contributed by atoms with Crippen molar-refractivity contribution < 1.29 is 23.4 Å². The standard InChI is InChI=1S/C18H21F3O2/c1-10-12-7-9-15(17(5,23)18(19,20)21)11(2)13(12)6-8-14(10)16(3,4)22/h6-9,22-23H,1-5H3. The van der Waals surface area contributed by atoms with E-state index in [1.165, 1.54) is 6.07 Å². The van der Waals surface area contributed by atoms with Gasteiger partial charge in [0.2, 0.25) is 0 Å². The van der Waals surface area contributed by atoms with Gasteiger partial charge in [0.25, 0.3) is 0 Å². The summed E-state index contributed by atoms with van der Waals surface area (Å²) in [5.74, 6) is 0. The second-order valence-electron chi connectivity index (χ2n) is 6.70. The van der Waals surface area contributed by atoms with Crippen molar-refractivity contribution in [3.8, 4) is 0 Å². The van der Waals surface area contributed by atoms with Crippen molar-refractivity contribution in [3.05, 3.63) is 46.5 Å². The molecule has 1 unspecified atom stereocenters. The Hall–Kier alpha value is -1.59. The van der Waals surface area contributed by atoms with Gasteiger partial charge in [0.15, 0.2) is 5.60 Å². The predicted molar refractivity (Wildman–Crippen MR) is 84.3 cm³/mol. The van der Waals surface area contributed by atoms with Crippen molar-refractivity contribution in [3.63, 3.8) is 0 Å². The number of alkyl halides is 3. The Morgan fingerprint density at radius 3 is 1.52 bits per heavy atom. The molecule has 2 rings (SSSR count). The lowest BCUT2D eigenvalue weighted by molar-refractivity contribution is -0.259. The van der Waals surface area contributed by atoms with Crippen LogP contribution in [-0.4, -0.2) is 16.4 Å². The number of hydrogen-bond acceptors (Lipinski definition) is 2. The Kier molecular flexibility index (Phi) is 4.02. The lowest BCUT2D eigenvalue weighted by Gasteiger charge is -2.29. The number of fused-ring (bicyclic) bond motifs is 1. The zero-order valence-corrected chi connectivity index (χ0v) is 13.8. The van der Waals surface area contributed by atoms with Crippen LogP contribution in [0.1, 0.15) is 43.0 Å². The van der Waals surface area contributed by atoms with Crippen molar-refractivity contribution in [2.45, 2.75) is 52.0 Å². The summed E-state index contributed by atoms with van der Waals surface area (Å²) < 4.78 is 39.3. The number of rotatable bonds is 2. The van der Waals surface area contributed by atoms with E-state index >= 15 is 0 Å². The number of aliphatic hydroxyl groups is 2. The maximum Gasteiger partial charge on any atom is 0.421 e. The van der Waals surface area contributed by atoms with Gasteiger partial charge in [-0.3, -0.25) is 0 Å². The number of halogens is 3. The minimum Gasteiger partial charge on any atom is -0.386 e. The summed E-state index contributed by atoms with van der Waals surface area (Å²) in [6.45, 7) is 7.49. The van der Waals surface area contributed by atoms with Crippen LogP contribution >= 0.6 is 0 Å². The molecule has 0 saturated heterocycles. The Labute approximate surface area is 133 Å². The summed E-state index contributed by atoms with van der Waals surface area (Å²) in [6.07, 6.45) is -4.76. The molecule has 0 fully saturated rings. The van der Waals surface area contributed by atoms with Crippen molar-refractivity contribution in [2.75, 3.05) is 0 Å². The van der Waals surface area contributed by atoms with Gasteiger partial charge in [-0.25, -0.2) is 0 Å². The molecule has 2 nitrogen and oxygen atoms in total. The lowest BCUT2D eigenvalue weighted by atomic mass is 9.84. The highest BCUT2D eigenvalue weighted by Crippen LogP contribution is 2.42. The Morgan fingerprint density at radius 2 is 1.13 bits per heavy atom. The molecule has 2 aromatic carbocycles. The van der Waals surface area contributed by atoms with Gasteiger partial charge in [-0.05, 0) is 67.6 Å². The summed E-state index contributed by atoms with van der Waals surface area (Å²) in [7, 11) is 0. The molecule has 1 atom stereocenters. The largest absolute Gasteiger partial charge is 0.421 e. The second kappa shape index (κ2) is 5.21. The molecule has 2 aromatic rings. The average molecular weight is 326 g/mol. The predicted octanol–water partition coefficient (Wildman–Crippen LogP) is 4.45. The molecular weight excluding hydrogens is 305 g/mol. The maximum absolute atomic E-state index is 13.1. The van der Waals surface area contributed by atoms with Gasteiger partial charge >= 0.3 is 6.18 Å². The zero-order chi connectivity index (χ0) is 17.8. The highest BCUT2D eigenvalue weighted by atomic mass is 19.4. The van der Waals surface area contributed by atoms with E-state index in [1.807, 2.05) is 6.92 Å². The van der Waals surface area contributed by atoms with Crippen LogP contribution in [0.3, 0.4) is 0 Å². The van der Waals surface area contributed by atoms with E-state index < -0.39 is 17.4 Å². The van der Waals surface area contributed by atoms with Crippen molar-refractivity contribution >= 4 is 10.8 Å². The van der Waals surface area contributed by atoms with Crippen LogP contribution in [0.5, 0.6) is 0 Å². The van der Waals surface area contributed by atoms with Gasteiger partial charge < -0.3 is 10.2 Å². The number of hydrogen-bond donors (Lipinski definition) is 2. The fourth-order valence-electron chi connectivity index (χ4n) is 3.05. The molecule has 0 aliphatic heterocycles. The summed E-state index contributed by atoms with van der Waals surface area (Å²) in [4.78, 5) is 0. The van der Waals surface area contributed by atoms with Crippen LogP contribution in [0, 0.1) is 13.8 Å². The van der Waals surface area contributed by atoms with Gasteiger partial charge in [-0.2, -0.15) is 13.2 Å². The van der Waals surface area contributed by atoms with Crippen molar-refractivity contribution in [1.82, 2.24) is 0 Å². The molecule has 0 aliphatic carbocycles. The normalized spacial score (nSPS) is 15.7. The Balaban J connectivity index is 2.76. The van der Waals surface area contributed by atoms with Crippen LogP contribution in [0.15, 0.2) is 24.3 Å². The van der Waals surface area contributed by atoms with Crippen LogP contribution in [0.2, 0.25) is 0 Å². The van der Waals surface area contributed by atoms with E-state index in [1.54, 1.807) is 39.0 Å². The molecule has 0 saturated carbocycles. The molecule has 0 aliphatic rings. The van der Waals surface area contributed by atoms with Crippen LogP contribution in [0.4, 0.5) is 13.2 Å². The van der Waals surface area contributed by atoms with E-state index in [0.29, 0.717) is 10.9 Å². The van der Waals surface area contributed by atoms with E-state index in [9.17, 15) is 23.4 Å². The molecule has 2 N–H and O–H groups in total. The van der Waals surface area contributed by atoms with E-state index in [4.69, 9.17) is 0 Å². The summed E-state index contributed by atoms with van der Waals surface area (Å²) in [5, 5.41) is 21.6. The molecule has 126 valence electrons. The van der Waals surface area contributed by atoms with Crippen molar-refractivity contribution in [1.29, 1.82) is 0 Å². The third kappa shape index (κ3) is 2.83. The summed E-state index contributed by atoms with van der Waals surface area (Å²) >= 11 is 0. The average Bonchev–Trinajstić information content (AvgIpc) is 2.37. The minimum atomic E-state index is -4.76. The zero-order valence-electron chi connectivity index (χ0n) is 13.8. The van der Waals surface area contributed by atoms with E-state index in [2.05, 4.69) is 0 Å². The van der Waals surface area contributed by atoms with Crippen LogP contribution in [-0.2, 0) is 11.2 Å². The molecule has 0 spiro atoms. The quantitative estimate of drug-likeness (QED) is 0.856. The molecular formula is C18H21F3O2. The molecule has 0 bridgehead atoms. The lowest BCUT2D eigenvalue weighted by Crippen LogP contribution is -2.39. The first-order valence-corrected chi connectivity index (χ1v) is 7.34. The first kappa shape index (κ1) is 17.8. The molecule has 0 heterocycles. The number of aryl methyl sites for hydroxylation is 2. The fraction of sp³-hybridized carbons (Fsp3) is 0.444. The third-order valence-electron chi connectivity index (χ3n) is 4.48. The summed E-state index contributed by atoms with van der Waals surface area (Å²) in [6, 6.07) is 6.30. The van der Waals surface area contributed by atoms with E-state index in [-0.39, 0.29) is 5.56 Å². The van der Waals surface area contributed by atoms with Gasteiger partial charge in [-0.15, -0.1) is 0 Å². The monoisotopic (exact) mass is 326 g/mol. The highest BCUT2D eigenvalue weighted by molar-refractivity contribution is 5.90. The smallest absolute Gasteiger partial charge is 0.386 e. The van der Waals surface area contributed by atoms with E-state index in [0.717, 1.165) is 23.4 Å². The van der Waals surface area contributed by atoms with Crippen LogP contribution < -0.4 is 0 Å². The molecule has 23 heavy (non-hydrogen) atoms. The highest BCUT2D eigenvalue weighted by Gasteiger charge is 2.51. The first-order chi connectivity index (χ1) is 10.3. The topological polar surface area (TPSA) is 40.5 Å². The molecule has 0 amide bonds. The minimum absolute atomic E-state index is 0.159. The first-order valence-electron chi connectivity index (χ1n) is 7.34. The van der Waals surface area contributed by atoms with Gasteiger partial charge in [0.05, 0.1) is 5.60 Å². The maximum atomic E-state index is 13.1. The molecule has 0 radical (unpaired) electrons. The van der Waals surface area contributed by atoms with Crippen LogP contribution in [0.25, 0.3) is 10.8 Å². The Morgan fingerprint density at radius 1 is 0.739 bits per heavy atom. The van der Waals surface area contributed by atoms with Gasteiger partial charge in [0, 0.05) is 0 Å².